The van der Waals surface area contributed by atoms with Crippen LogP contribution in [0.25, 0.3) is 0 Å². The Kier molecular flexibility index (Phi) is 4.00. The number of hydrogen-bond donors (Lipinski definition) is 2. The number of likely N-dealkylation sites (tertiary alicyclic amines) is 1. The highest BCUT2D eigenvalue weighted by molar-refractivity contribution is 7.89. The zero-order chi connectivity index (χ0) is 14.9. The molecule has 1 aliphatic heterocycles. The molecule has 2 heterocycles. The van der Waals surface area contributed by atoms with E-state index in [2.05, 4.69) is 10.4 Å². The van der Waals surface area contributed by atoms with Gasteiger partial charge in [0.15, 0.2) is 5.82 Å². The highest BCUT2D eigenvalue weighted by atomic mass is 32.2. The molecule has 1 saturated heterocycles. The average molecular weight is 301 g/mol. The highest BCUT2D eigenvalue weighted by Gasteiger charge is 2.31. The Balaban J connectivity index is 2.04. The molecule has 2 amide bonds. The molecule has 0 aliphatic carbocycles. The molecule has 1 unspecified atom stereocenters. The van der Waals surface area contributed by atoms with Gasteiger partial charge in [-0.2, -0.15) is 5.10 Å². The van der Waals surface area contributed by atoms with Crippen LogP contribution in [0.5, 0.6) is 0 Å². The summed E-state index contributed by atoms with van der Waals surface area (Å²) in [5.74, 6) is 0.248. The van der Waals surface area contributed by atoms with Crippen LogP contribution in [0.4, 0.5) is 10.6 Å². The monoisotopic (exact) mass is 301 g/mol. The van der Waals surface area contributed by atoms with Crippen molar-refractivity contribution >= 4 is 21.9 Å². The van der Waals surface area contributed by atoms with Crippen LogP contribution in [0.1, 0.15) is 18.5 Å². The van der Waals surface area contributed by atoms with E-state index in [4.69, 9.17) is 5.14 Å². The number of aryl methyl sites for hydroxylation is 2. The number of carbonyl (C=O) groups is 1. The van der Waals surface area contributed by atoms with Crippen molar-refractivity contribution in [1.29, 1.82) is 0 Å². The second-order valence-electron chi connectivity index (χ2n) is 5.04. The summed E-state index contributed by atoms with van der Waals surface area (Å²) in [7, 11) is -1.81. The van der Waals surface area contributed by atoms with E-state index in [9.17, 15) is 13.2 Å². The van der Waals surface area contributed by atoms with Crippen LogP contribution in [0.15, 0.2) is 6.07 Å². The summed E-state index contributed by atoms with van der Waals surface area (Å²) in [6.45, 7) is 2.40. The molecule has 1 aromatic rings. The van der Waals surface area contributed by atoms with Crippen LogP contribution in [0.2, 0.25) is 0 Å². The Morgan fingerprint density at radius 2 is 2.30 bits per heavy atom. The fourth-order valence-electron chi connectivity index (χ4n) is 2.35. The summed E-state index contributed by atoms with van der Waals surface area (Å²) in [4.78, 5) is 13.7. The summed E-state index contributed by atoms with van der Waals surface area (Å²) in [6, 6.07) is 1.05. The molecule has 8 nitrogen and oxygen atoms in total. The first-order chi connectivity index (χ1) is 9.26. The van der Waals surface area contributed by atoms with Crippen molar-refractivity contribution in [2.45, 2.75) is 25.8 Å². The SMILES string of the molecule is Cc1cc(NC(=O)N2CCCC2CS(N)(=O)=O)nn1C. The van der Waals surface area contributed by atoms with Crippen LogP contribution in [0, 0.1) is 6.92 Å². The van der Waals surface area contributed by atoms with Gasteiger partial charge in [0.2, 0.25) is 10.0 Å². The number of nitrogens with two attached hydrogens (primary N) is 1. The summed E-state index contributed by atoms with van der Waals surface area (Å²) < 4.78 is 24.0. The summed E-state index contributed by atoms with van der Waals surface area (Å²) in [5, 5.41) is 11.9. The minimum atomic E-state index is -3.59. The van der Waals surface area contributed by atoms with Gasteiger partial charge in [-0.05, 0) is 19.8 Å². The molecule has 0 saturated carbocycles. The largest absolute Gasteiger partial charge is 0.323 e. The van der Waals surface area contributed by atoms with E-state index in [1.54, 1.807) is 17.8 Å². The molecule has 112 valence electrons. The molecule has 9 heteroatoms. The number of sulfonamides is 1. The third-order valence-corrected chi connectivity index (χ3v) is 4.26. The standard InChI is InChI=1S/C11H19N5O3S/c1-8-6-10(14-15(8)2)13-11(17)16-5-3-4-9(16)7-20(12,18)19/h6,9H,3-5,7H2,1-2H3,(H2,12,18,19)(H,13,14,17). The molecular formula is C11H19N5O3S. The van der Waals surface area contributed by atoms with E-state index in [-0.39, 0.29) is 17.8 Å². The topological polar surface area (TPSA) is 110 Å². The quantitative estimate of drug-likeness (QED) is 0.819. The van der Waals surface area contributed by atoms with Gasteiger partial charge in [-0.15, -0.1) is 0 Å². The van der Waals surface area contributed by atoms with Gasteiger partial charge < -0.3 is 4.90 Å². The number of nitrogens with zero attached hydrogens (tertiary/aromatic N) is 3. The number of aromatic nitrogens is 2. The van der Waals surface area contributed by atoms with Crippen LogP contribution < -0.4 is 10.5 Å². The van der Waals surface area contributed by atoms with E-state index < -0.39 is 10.0 Å². The van der Waals surface area contributed by atoms with Gasteiger partial charge in [0, 0.05) is 31.4 Å². The van der Waals surface area contributed by atoms with E-state index in [1.165, 1.54) is 4.90 Å². The van der Waals surface area contributed by atoms with Crippen LogP contribution in [-0.4, -0.2) is 47.5 Å². The summed E-state index contributed by atoms with van der Waals surface area (Å²) >= 11 is 0. The van der Waals surface area contributed by atoms with Gasteiger partial charge in [0.1, 0.15) is 0 Å². The van der Waals surface area contributed by atoms with E-state index in [0.29, 0.717) is 18.8 Å². The fourth-order valence-corrected chi connectivity index (χ4v) is 3.23. The first-order valence-corrected chi connectivity index (χ1v) is 8.06. The van der Waals surface area contributed by atoms with E-state index >= 15 is 0 Å². The summed E-state index contributed by atoms with van der Waals surface area (Å²) in [5.41, 5.74) is 0.919. The number of nitrogens with one attached hydrogen (secondary N) is 1. The molecule has 1 atom stereocenters. The number of anilines is 1. The number of hydrogen-bond acceptors (Lipinski definition) is 4. The van der Waals surface area contributed by atoms with Crippen molar-refractivity contribution in [3.05, 3.63) is 11.8 Å². The van der Waals surface area contributed by atoms with Crippen molar-refractivity contribution in [2.24, 2.45) is 12.2 Å². The lowest BCUT2D eigenvalue weighted by Gasteiger charge is -2.23. The number of urea groups is 1. The lowest BCUT2D eigenvalue weighted by molar-refractivity contribution is 0.210. The predicted octanol–water partition coefficient (Wildman–Crippen LogP) is 0.0133. The number of primary sulfonamides is 1. The molecule has 1 aliphatic rings. The van der Waals surface area contributed by atoms with Crippen molar-refractivity contribution in [1.82, 2.24) is 14.7 Å². The number of amides is 2. The normalized spacial score (nSPS) is 19.4. The Hall–Kier alpha value is -1.61. The zero-order valence-corrected chi connectivity index (χ0v) is 12.4. The minimum Gasteiger partial charge on any atom is -0.320 e. The lowest BCUT2D eigenvalue weighted by Crippen LogP contribution is -2.43. The average Bonchev–Trinajstić information content (AvgIpc) is 2.85. The fraction of sp³-hybridized carbons (Fsp3) is 0.636. The first-order valence-electron chi connectivity index (χ1n) is 6.35. The van der Waals surface area contributed by atoms with Gasteiger partial charge in [-0.25, -0.2) is 18.4 Å². The molecule has 1 aromatic heterocycles. The van der Waals surface area contributed by atoms with E-state index in [0.717, 1.165) is 12.1 Å². The maximum atomic E-state index is 12.2. The molecular weight excluding hydrogens is 282 g/mol. The van der Waals surface area contributed by atoms with Crippen molar-refractivity contribution in [2.75, 3.05) is 17.6 Å². The summed E-state index contributed by atoms with van der Waals surface area (Å²) in [6.07, 6.45) is 1.42. The van der Waals surface area contributed by atoms with Crippen LogP contribution in [0.3, 0.4) is 0 Å². The minimum absolute atomic E-state index is 0.207. The molecule has 0 radical (unpaired) electrons. The van der Waals surface area contributed by atoms with Crippen LogP contribution in [-0.2, 0) is 17.1 Å². The third kappa shape index (κ3) is 3.48. The molecule has 0 spiro atoms. The Bertz CT molecular complexity index is 590. The van der Waals surface area contributed by atoms with Gasteiger partial charge in [0.25, 0.3) is 0 Å². The second-order valence-corrected chi connectivity index (χ2v) is 6.70. The first kappa shape index (κ1) is 14.8. The Labute approximate surface area is 118 Å². The van der Waals surface area contributed by atoms with Crippen molar-refractivity contribution < 1.29 is 13.2 Å². The molecule has 20 heavy (non-hydrogen) atoms. The highest BCUT2D eigenvalue weighted by Crippen LogP contribution is 2.19. The Morgan fingerprint density at radius 3 is 2.85 bits per heavy atom. The van der Waals surface area contributed by atoms with Gasteiger partial charge in [-0.3, -0.25) is 10.00 Å². The van der Waals surface area contributed by atoms with Crippen molar-refractivity contribution in [3.8, 4) is 0 Å². The molecule has 1 fully saturated rings. The molecule has 0 bridgehead atoms. The maximum absolute atomic E-state index is 12.2. The number of rotatable bonds is 3. The Morgan fingerprint density at radius 1 is 1.60 bits per heavy atom. The zero-order valence-electron chi connectivity index (χ0n) is 11.5. The van der Waals surface area contributed by atoms with E-state index in [1.807, 2.05) is 6.92 Å². The van der Waals surface area contributed by atoms with Gasteiger partial charge in [-0.1, -0.05) is 0 Å². The van der Waals surface area contributed by atoms with Crippen molar-refractivity contribution in [3.63, 3.8) is 0 Å². The number of carbonyl (C=O) groups excluding carboxylic acids is 1. The smallest absolute Gasteiger partial charge is 0.320 e. The maximum Gasteiger partial charge on any atom is 0.323 e. The lowest BCUT2D eigenvalue weighted by atomic mass is 10.2. The van der Waals surface area contributed by atoms with Crippen LogP contribution >= 0.6 is 0 Å². The third-order valence-electron chi connectivity index (χ3n) is 3.41. The predicted molar refractivity (Wildman–Crippen MR) is 74.7 cm³/mol. The van der Waals surface area contributed by atoms with Gasteiger partial charge in [0.05, 0.1) is 5.75 Å². The second kappa shape index (κ2) is 5.41. The molecule has 3 N–H and O–H groups in total. The van der Waals surface area contributed by atoms with Gasteiger partial charge >= 0.3 is 6.03 Å². The molecule has 2 rings (SSSR count). The molecule has 0 aromatic carbocycles.